The number of hydrogen-bond acceptors (Lipinski definition) is 0. The highest BCUT2D eigenvalue weighted by molar-refractivity contribution is 5.83. The first-order valence-corrected chi connectivity index (χ1v) is 8.97. The number of allylic oxidation sites excluding steroid dienone is 4. The summed E-state index contributed by atoms with van der Waals surface area (Å²) in [6.07, 6.45) is 14.1. The van der Waals surface area contributed by atoms with Crippen molar-refractivity contribution < 1.29 is 0 Å². The van der Waals surface area contributed by atoms with Gasteiger partial charge in [-0.15, -0.1) is 0 Å². The molecule has 0 bridgehead atoms. The maximum atomic E-state index is 2.38. The lowest BCUT2D eigenvalue weighted by Crippen LogP contribution is -2.00. The Morgan fingerprint density at radius 2 is 1.78 bits per heavy atom. The third-order valence-electron chi connectivity index (χ3n) is 5.25. The van der Waals surface area contributed by atoms with E-state index in [-0.39, 0.29) is 0 Å². The van der Waals surface area contributed by atoms with Crippen molar-refractivity contribution in [1.82, 2.24) is 0 Å². The molecule has 0 saturated heterocycles. The summed E-state index contributed by atoms with van der Waals surface area (Å²) >= 11 is 0. The molecule has 4 rings (SSSR count). The fourth-order valence-electron chi connectivity index (χ4n) is 4.06. The molecule has 0 unspecified atom stereocenters. The van der Waals surface area contributed by atoms with Crippen molar-refractivity contribution >= 4 is 5.57 Å². The van der Waals surface area contributed by atoms with Gasteiger partial charge < -0.3 is 0 Å². The minimum absolute atomic E-state index is 1.09. The molecule has 2 aromatic rings. The van der Waals surface area contributed by atoms with Gasteiger partial charge in [-0.05, 0) is 64.6 Å². The Balaban J connectivity index is 1.79. The van der Waals surface area contributed by atoms with E-state index in [0.717, 1.165) is 12.8 Å². The molecule has 2 aromatic carbocycles. The quantitative estimate of drug-likeness (QED) is 0.483. The van der Waals surface area contributed by atoms with Crippen molar-refractivity contribution in [3.63, 3.8) is 0 Å². The number of benzene rings is 2. The zero-order chi connectivity index (χ0) is 15.6. The van der Waals surface area contributed by atoms with E-state index in [4.69, 9.17) is 0 Å². The predicted octanol–water partition coefficient (Wildman–Crippen LogP) is 6.33. The monoisotopic (exact) mass is 300 g/mol. The molecule has 2 aliphatic rings. The Bertz CT molecular complexity index is 790. The molecule has 2 aliphatic carbocycles. The van der Waals surface area contributed by atoms with E-state index in [1.807, 2.05) is 0 Å². The van der Waals surface area contributed by atoms with Crippen molar-refractivity contribution in [3.8, 4) is 11.1 Å². The Morgan fingerprint density at radius 3 is 2.61 bits per heavy atom. The lowest BCUT2D eigenvalue weighted by Gasteiger charge is -2.16. The third-order valence-corrected chi connectivity index (χ3v) is 5.25. The van der Waals surface area contributed by atoms with Crippen LogP contribution < -0.4 is 0 Å². The third kappa shape index (κ3) is 2.57. The average molecular weight is 300 g/mol. The SMILES string of the molecule is CCCCCc1c(C2=CC=CC2)ccc2c1Cc1ccccc1-2. The lowest BCUT2D eigenvalue weighted by atomic mass is 9.88. The molecule has 0 amide bonds. The van der Waals surface area contributed by atoms with Gasteiger partial charge in [0.15, 0.2) is 0 Å². The Hall–Kier alpha value is -2.08. The second-order valence-electron chi connectivity index (χ2n) is 6.73. The highest BCUT2D eigenvalue weighted by atomic mass is 14.3. The summed E-state index contributed by atoms with van der Waals surface area (Å²) in [5.41, 5.74) is 10.6. The average Bonchev–Trinajstić information content (AvgIpc) is 3.22. The molecule has 0 heteroatoms. The summed E-state index contributed by atoms with van der Waals surface area (Å²) in [5.74, 6) is 0. The van der Waals surface area contributed by atoms with Gasteiger partial charge in [0.05, 0.1) is 0 Å². The predicted molar refractivity (Wildman–Crippen MR) is 99.6 cm³/mol. The zero-order valence-electron chi connectivity index (χ0n) is 13.9. The zero-order valence-corrected chi connectivity index (χ0v) is 13.9. The molecular formula is C23H24. The van der Waals surface area contributed by atoms with Gasteiger partial charge in [0.25, 0.3) is 0 Å². The van der Waals surface area contributed by atoms with Crippen LogP contribution in [0.4, 0.5) is 0 Å². The molecule has 0 heterocycles. The minimum Gasteiger partial charge on any atom is -0.0801 e. The Kier molecular flexibility index (Phi) is 3.91. The second-order valence-corrected chi connectivity index (χ2v) is 6.73. The lowest BCUT2D eigenvalue weighted by molar-refractivity contribution is 0.714. The first-order chi connectivity index (χ1) is 11.4. The molecule has 0 aliphatic heterocycles. The van der Waals surface area contributed by atoms with E-state index in [0.29, 0.717) is 0 Å². The van der Waals surface area contributed by atoms with Gasteiger partial charge >= 0.3 is 0 Å². The van der Waals surface area contributed by atoms with Gasteiger partial charge in [0.2, 0.25) is 0 Å². The van der Waals surface area contributed by atoms with Gasteiger partial charge in [0, 0.05) is 0 Å². The molecule has 0 spiro atoms. The summed E-state index contributed by atoms with van der Waals surface area (Å²) in [7, 11) is 0. The molecule has 0 radical (unpaired) electrons. The van der Waals surface area contributed by atoms with Crippen LogP contribution in [-0.2, 0) is 12.8 Å². The van der Waals surface area contributed by atoms with Gasteiger partial charge in [-0.2, -0.15) is 0 Å². The maximum Gasteiger partial charge on any atom is -0.00105 e. The van der Waals surface area contributed by atoms with E-state index >= 15 is 0 Å². The number of hydrogen-bond donors (Lipinski definition) is 0. The molecule has 0 saturated carbocycles. The van der Waals surface area contributed by atoms with Crippen LogP contribution in [0.15, 0.2) is 54.6 Å². The van der Waals surface area contributed by atoms with Crippen LogP contribution in [0, 0.1) is 0 Å². The van der Waals surface area contributed by atoms with Gasteiger partial charge in [0.1, 0.15) is 0 Å². The van der Waals surface area contributed by atoms with Gasteiger partial charge in [-0.1, -0.05) is 74.4 Å². The van der Waals surface area contributed by atoms with E-state index in [2.05, 4.69) is 61.5 Å². The molecule has 0 N–H and O–H groups in total. The number of fused-ring (bicyclic) bond motifs is 3. The van der Waals surface area contributed by atoms with Crippen molar-refractivity contribution in [2.75, 3.05) is 0 Å². The standard InChI is InChI=1S/C23H24/c1-2-3-4-13-21-20(17-9-5-6-10-17)14-15-22-19-12-8-7-11-18(19)16-23(21)22/h5-9,11-12,14-15H,2-4,10,13,16H2,1H3. The normalized spacial score (nSPS) is 14.7. The largest absolute Gasteiger partial charge is 0.0801 e. The Morgan fingerprint density at radius 1 is 0.913 bits per heavy atom. The van der Waals surface area contributed by atoms with Crippen LogP contribution >= 0.6 is 0 Å². The van der Waals surface area contributed by atoms with Crippen LogP contribution in [0.25, 0.3) is 16.7 Å². The molecule has 116 valence electrons. The van der Waals surface area contributed by atoms with E-state index in [1.165, 1.54) is 53.5 Å². The second kappa shape index (κ2) is 6.20. The van der Waals surface area contributed by atoms with Crippen LogP contribution in [0.1, 0.15) is 54.9 Å². The topological polar surface area (TPSA) is 0 Å². The summed E-state index contributed by atoms with van der Waals surface area (Å²) in [4.78, 5) is 0. The summed E-state index contributed by atoms with van der Waals surface area (Å²) in [5, 5.41) is 0. The Labute approximate surface area is 139 Å². The highest BCUT2D eigenvalue weighted by Gasteiger charge is 2.23. The number of rotatable bonds is 5. The van der Waals surface area contributed by atoms with Crippen LogP contribution in [-0.4, -0.2) is 0 Å². The van der Waals surface area contributed by atoms with Crippen molar-refractivity contribution in [3.05, 3.63) is 76.9 Å². The van der Waals surface area contributed by atoms with Crippen molar-refractivity contribution in [2.24, 2.45) is 0 Å². The molecule has 0 fully saturated rings. The minimum atomic E-state index is 1.09. The van der Waals surface area contributed by atoms with Crippen molar-refractivity contribution in [2.45, 2.75) is 45.4 Å². The molecule has 0 nitrogen and oxygen atoms in total. The van der Waals surface area contributed by atoms with E-state index < -0.39 is 0 Å². The molecular weight excluding hydrogens is 276 g/mol. The molecule has 23 heavy (non-hydrogen) atoms. The fourth-order valence-corrected chi connectivity index (χ4v) is 4.06. The first kappa shape index (κ1) is 14.5. The fraction of sp³-hybridized carbons (Fsp3) is 0.304. The summed E-state index contributed by atoms with van der Waals surface area (Å²) in [6, 6.07) is 13.7. The van der Waals surface area contributed by atoms with E-state index in [9.17, 15) is 0 Å². The van der Waals surface area contributed by atoms with E-state index in [1.54, 1.807) is 11.1 Å². The van der Waals surface area contributed by atoms with Crippen LogP contribution in [0.3, 0.4) is 0 Å². The van der Waals surface area contributed by atoms with Gasteiger partial charge in [-0.3, -0.25) is 0 Å². The van der Waals surface area contributed by atoms with Crippen LogP contribution in [0.2, 0.25) is 0 Å². The van der Waals surface area contributed by atoms with Crippen LogP contribution in [0.5, 0.6) is 0 Å². The van der Waals surface area contributed by atoms with Gasteiger partial charge in [-0.25, -0.2) is 0 Å². The smallest absolute Gasteiger partial charge is 0.00105 e. The van der Waals surface area contributed by atoms with Crippen molar-refractivity contribution in [1.29, 1.82) is 0 Å². The highest BCUT2D eigenvalue weighted by Crippen LogP contribution is 2.42. The first-order valence-electron chi connectivity index (χ1n) is 8.97. The molecule has 0 atom stereocenters. The maximum absolute atomic E-state index is 2.38. The summed E-state index contributed by atoms with van der Waals surface area (Å²) in [6.45, 7) is 2.29. The molecule has 0 aromatic heterocycles. The summed E-state index contributed by atoms with van der Waals surface area (Å²) < 4.78 is 0. The number of unbranched alkanes of at least 4 members (excludes halogenated alkanes) is 2.